The Balaban J connectivity index is 1.89. The fourth-order valence-electron chi connectivity index (χ4n) is 5.18. The first kappa shape index (κ1) is 19.9. The highest BCUT2D eigenvalue weighted by Gasteiger charge is 2.47. The molecule has 2 unspecified atom stereocenters. The van der Waals surface area contributed by atoms with Crippen molar-refractivity contribution < 1.29 is 9.22 Å². The predicted octanol–water partition coefficient (Wildman–Crippen LogP) is 6.13. The Morgan fingerprint density at radius 3 is 2.67 bits per heavy atom. The van der Waals surface area contributed by atoms with E-state index in [1.165, 1.54) is 19.3 Å². The van der Waals surface area contributed by atoms with Crippen molar-refractivity contribution in [3.8, 4) is 0 Å². The monoisotopic (exact) mass is 350 g/mol. The molecule has 0 saturated heterocycles. The van der Waals surface area contributed by atoms with Crippen LogP contribution >= 0.6 is 0 Å². The number of allylic oxidation sites excluding steroid dienone is 2. The predicted molar refractivity (Wildman–Crippen MR) is 105 cm³/mol. The van der Waals surface area contributed by atoms with Crippen LogP contribution < -0.4 is 0 Å². The number of hydrogen-bond donors (Lipinski definition) is 0. The molecule has 138 valence electrons. The van der Waals surface area contributed by atoms with Crippen molar-refractivity contribution in [2.45, 2.75) is 97.9 Å². The molecule has 0 bridgehead atoms. The van der Waals surface area contributed by atoms with Crippen LogP contribution in [0, 0.1) is 17.3 Å². The minimum absolute atomic E-state index is 0.0124. The molecular formula is C21H38O2Si. The van der Waals surface area contributed by atoms with Gasteiger partial charge in [-0.05, 0) is 76.9 Å². The maximum absolute atomic E-state index is 12.3. The van der Waals surface area contributed by atoms with Gasteiger partial charge in [0.05, 0.1) is 5.60 Å². The van der Waals surface area contributed by atoms with Crippen molar-refractivity contribution in [2.75, 3.05) is 0 Å². The summed E-state index contributed by atoms with van der Waals surface area (Å²) < 4.78 is 6.33. The molecule has 1 fully saturated rings. The molecule has 3 heteroatoms. The second-order valence-electron chi connectivity index (χ2n) is 9.95. The summed E-state index contributed by atoms with van der Waals surface area (Å²) in [6, 6.07) is 0. The number of hydrogen-bond acceptors (Lipinski definition) is 2. The molecular weight excluding hydrogens is 312 g/mol. The molecule has 0 radical (unpaired) electrons. The summed E-state index contributed by atoms with van der Waals surface area (Å²) in [5, 5.41) is 0. The molecule has 0 aromatic carbocycles. The van der Waals surface area contributed by atoms with Crippen LogP contribution in [0.2, 0.25) is 19.6 Å². The van der Waals surface area contributed by atoms with Gasteiger partial charge in [-0.3, -0.25) is 4.79 Å². The van der Waals surface area contributed by atoms with E-state index >= 15 is 0 Å². The molecule has 0 aromatic rings. The molecule has 2 aliphatic rings. The number of ketones is 1. The van der Waals surface area contributed by atoms with Crippen molar-refractivity contribution in [3.63, 3.8) is 0 Å². The van der Waals surface area contributed by atoms with Crippen LogP contribution in [0.15, 0.2) is 11.6 Å². The zero-order valence-corrected chi connectivity index (χ0v) is 18.0. The summed E-state index contributed by atoms with van der Waals surface area (Å²) in [6.45, 7) is 16.0. The highest BCUT2D eigenvalue weighted by molar-refractivity contribution is 6.69. The Morgan fingerprint density at radius 1 is 1.38 bits per heavy atom. The van der Waals surface area contributed by atoms with Crippen molar-refractivity contribution in [3.05, 3.63) is 11.6 Å². The molecule has 0 N–H and O–H groups in total. The first-order valence-corrected chi connectivity index (χ1v) is 13.3. The van der Waals surface area contributed by atoms with E-state index < -0.39 is 8.32 Å². The Morgan fingerprint density at radius 2 is 2.04 bits per heavy atom. The zero-order valence-electron chi connectivity index (χ0n) is 17.0. The van der Waals surface area contributed by atoms with Gasteiger partial charge in [-0.15, -0.1) is 0 Å². The molecule has 0 amide bonds. The summed E-state index contributed by atoms with van der Waals surface area (Å²) >= 11 is 0. The van der Waals surface area contributed by atoms with Gasteiger partial charge in [-0.2, -0.15) is 0 Å². The molecule has 0 aromatic heterocycles. The third-order valence-corrected chi connectivity index (χ3v) is 7.20. The normalized spacial score (nSPS) is 29.4. The second-order valence-corrected chi connectivity index (χ2v) is 14.4. The largest absolute Gasteiger partial charge is 0.413 e. The number of Topliss-reactive ketones (excluding diaryl/α,β-unsaturated/α-hetero) is 1. The summed E-state index contributed by atoms with van der Waals surface area (Å²) in [7, 11) is -1.49. The van der Waals surface area contributed by atoms with Crippen molar-refractivity contribution in [1.29, 1.82) is 0 Å². The van der Waals surface area contributed by atoms with Gasteiger partial charge in [0.1, 0.15) is 5.78 Å². The molecule has 24 heavy (non-hydrogen) atoms. The minimum atomic E-state index is -1.49. The van der Waals surface area contributed by atoms with Crippen LogP contribution in [-0.4, -0.2) is 19.7 Å². The minimum Gasteiger partial charge on any atom is -0.413 e. The molecule has 0 spiro atoms. The van der Waals surface area contributed by atoms with E-state index in [9.17, 15) is 4.79 Å². The number of carbonyl (C=O) groups is 1. The molecule has 2 nitrogen and oxygen atoms in total. The summed E-state index contributed by atoms with van der Waals surface area (Å²) in [6.07, 6.45) is 10.00. The van der Waals surface area contributed by atoms with E-state index in [4.69, 9.17) is 4.43 Å². The lowest BCUT2D eigenvalue weighted by molar-refractivity contribution is -0.128. The van der Waals surface area contributed by atoms with Gasteiger partial charge in [0, 0.05) is 12.3 Å². The van der Waals surface area contributed by atoms with Crippen molar-refractivity contribution in [1.82, 2.24) is 0 Å². The maximum atomic E-state index is 12.3. The van der Waals surface area contributed by atoms with Crippen LogP contribution in [0.1, 0.15) is 72.6 Å². The fraction of sp³-hybridized carbons (Fsp3) is 0.857. The second kappa shape index (κ2) is 7.07. The highest BCUT2D eigenvalue weighted by atomic mass is 28.4. The molecule has 0 heterocycles. The van der Waals surface area contributed by atoms with E-state index in [-0.39, 0.29) is 16.9 Å². The molecule has 2 aliphatic carbocycles. The topological polar surface area (TPSA) is 26.3 Å². The zero-order chi connectivity index (χ0) is 18.2. The van der Waals surface area contributed by atoms with E-state index in [0.717, 1.165) is 25.7 Å². The van der Waals surface area contributed by atoms with Crippen LogP contribution in [-0.2, 0) is 9.22 Å². The first-order valence-electron chi connectivity index (χ1n) is 9.88. The third kappa shape index (κ3) is 4.60. The molecule has 3 atom stereocenters. The van der Waals surface area contributed by atoms with Crippen LogP contribution in [0.3, 0.4) is 0 Å². The van der Waals surface area contributed by atoms with Crippen LogP contribution in [0.4, 0.5) is 0 Å². The van der Waals surface area contributed by atoms with Crippen LogP contribution in [0.5, 0.6) is 0 Å². The maximum Gasteiger partial charge on any atom is 0.184 e. The van der Waals surface area contributed by atoms with Crippen molar-refractivity contribution >= 4 is 14.1 Å². The number of fused-ring (bicyclic) bond motifs is 1. The lowest BCUT2D eigenvalue weighted by atomic mass is 9.63. The van der Waals surface area contributed by atoms with E-state index in [1.807, 2.05) is 0 Å². The summed E-state index contributed by atoms with van der Waals surface area (Å²) in [5.41, 5.74) is 1.71. The standard InChI is InChI=1S/C21H38O2Si/c1-16(10-8-14-20(2,3)23-24(5,6)7)17-12-13-18-19(22)11-9-15-21(17,18)4/h12,16,18H,8-11,13-15H2,1-7H3/t16?,18?,21-/m1/s1. The Bertz CT molecular complexity index is 500. The number of rotatable bonds is 7. The van der Waals surface area contributed by atoms with Gasteiger partial charge in [-0.25, -0.2) is 0 Å². The molecule has 1 saturated carbocycles. The fourth-order valence-corrected chi connectivity index (χ4v) is 6.94. The van der Waals surface area contributed by atoms with Gasteiger partial charge >= 0.3 is 0 Å². The summed E-state index contributed by atoms with van der Waals surface area (Å²) in [5.74, 6) is 1.37. The number of carbonyl (C=O) groups excluding carboxylic acids is 1. The Kier molecular flexibility index (Phi) is 5.86. The smallest absolute Gasteiger partial charge is 0.184 e. The first-order chi connectivity index (χ1) is 10.9. The van der Waals surface area contributed by atoms with Crippen LogP contribution in [0.25, 0.3) is 0 Å². The Labute approximate surface area is 150 Å². The third-order valence-electron chi connectivity index (χ3n) is 6.04. The van der Waals surface area contributed by atoms with Gasteiger partial charge in [0.15, 0.2) is 8.32 Å². The summed E-state index contributed by atoms with van der Waals surface area (Å²) in [4.78, 5) is 12.3. The lowest BCUT2D eigenvalue weighted by Crippen LogP contribution is -2.38. The quantitative estimate of drug-likeness (QED) is 0.408. The van der Waals surface area contributed by atoms with E-state index in [2.05, 4.69) is 53.4 Å². The molecule has 0 aliphatic heterocycles. The van der Waals surface area contributed by atoms with Gasteiger partial charge < -0.3 is 4.43 Å². The van der Waals surface area contributed by atoms with Gasteiger partial charge in [-0.1, -0.05) is 31.9 Å². The lowest BCUT2D eigenvalue weighted by Gasteiger charge is -2.40. The Hall–Kier alpha value is -0.413. The van der Waals surface area contributed by atoms with E-state index in [1.54, 1.807) is 5.57 Å². The van der Waals surface area contributed by atoms with Gasteiger partial charge in [0.25, 0.3) is 0 Å². The van der Waals surface area contributed by atoms with Gasteiger partial charge in [0.2, 0.25) is 0 Å². The SMILES string of the molecule is CC(CCCC(C)(C)O[Si](C)(C)C)C1=CCC2C(=O)CCC[C@]12C. The highest BCUT2D eigenvalue weighted by Crippen LogP contribution is 2.53. The van der Waals surface area contributed by atoms with E-state index in [0.29, 0.717) is 11.7 Å². The average molecular weight is 351 g/mol. The average Bonchev–Trinajstić information content (AvgIpc) is 2.74. The van der Waals surface area contributed by atoms with Crippen molar-refractivity contribution in [2.24, 2.45) is 17.3 Å². The molecule has 2 rings (SSSR count).